The van der Waals surface area contributed by atoms with Gasteiger partial charge in [-0.15, -0.1) is 0 Å². The molecule has 0 radical (unpaired) electrons. The lowest BCUT2D eigenvalue weighted by atomic mass is 10.2. The predicted molar refractivity (Wildman–Crippen MR) is 75.1 cm³/mol. The van der Waals surface area contributed by atoms with Crippen molar-refractivity contribution in [3.8, 4) is 11.5 Å². The van der Waals surface area contributed by atoms with Gasteiger partial charge in [0.1, 0.15) is 11.6 Å². The quantitative estimate of drug-likeness (QED) is 0.900. The van der Waals surface area contributed by atoms with Crippen LogP contribution < -0.4 is 15.8 Å². The molecule has 0 aliphatic rings. The van der Waals surface area contributed by atoms with Crippen LogP contribution in [0.3, 0.4) is 0 Å². The zero-order valence-corrected chi connectivity index (χ0v) is 11.0. The van der Waals surface area contributed by atoms with E-state index in [9.17, 15) is 9.18 Å². The van der Waals surface area contributed by atoms with E-state index in [1.807, 2.05) is 0 Å². The molecule has 104 valence electrons. The molecule has 0 unspecified atom stereocenters. The minimum absolute atomic E-state index is 0.206. The van der Waals surface area contributed by atoms with E-state index < -0.39 is 5.82 Å². The predicted octanol–water partition coefficient (Wildman–Crippen LogP) is 3.04. The summed E-state index contributed by atoms with van der Waals surface area (Å²) in [6.07, 6.45) is 0. The molecule has 0 aliphatic heterocycles. The number of benzene rings is 2. The lowest BCUT2D eigenvalue weighted by molar-refractivity contribution is -0.114. The molecule has 20 heavy (non-hydrogen) atoms. The summed E-state index contributed by atoms with van der Waals surface area (Å²) < 4.78 is 19.0. The van der Waals surface area contributed by atoms with Crippen molar-refractivity contribution in [2.75, 3.05) is 5.32 Å². The van der Waals surface area contributed by atoms with Crippen molar-refractivity contribution in [2.45, 2.75) is 13.5 Å². The van der Waals surface area contributed by atoms with Crippen LogP contribution in [0.15, 0.2) is 42.5 Å². The van der Waals surface area contributed by atoms with E-state index in [-0.39, 0.29) is 12.5 Å². The van der Waals surface area contributed by atoms with Gasteiger partial charge in [-0.2, -0.15) is 0 Å². The van der Waals surface area contributed by atoms with Gasteiger partial charge in [0.2, 0.25) is 5.91 Å². The van der Waals surface area contributed by atoms with Crippen LogP contribution in [0.1, 0.15) is 12.5 Å². The van der Waals surface area contributed by atoms with E-state index >= 15 is 0 Å². The van der Waals surface area contributed by atoms with Crippen LogP contribution in [0.25, 0.3) is 0 Å². The molecule has 4 nitrogen and oxygen atoms in total. The average molecular weight is 274 g/mol. The van der Waals surface area contributed by atoms with Crippen LogP contribution in [0.2, 0.25) is 0 Å². The molecule has 0 atom stereocenters. The van der Waals surface area contributed by atoms with Gasteiger partial charge < -0.3 is 15.8 Å². The number of carbonyl (C=O) groups excluding carboxylic acids is 1. The zero-order valence-electron chi connectivity index (χ0n) is 11.0. The van der Waals surface area contributed by atoms with E-state index in [0.29, 0.717) is 22.7 Å². The highest BCUT2D eigenvalue weighted by atomic mass is 19.1. The standard InChI is InChI=1S/C15H15FN2O2/c1-10(19)18-14-4-2-3-5-15(14)20-13-7-11(9-17)6-12(16)8-13/h2-8H,9,17H2,1H3,(H,18,19). The first-order valence-electron chi connectivity index (χ1n) is 6.12. The second kappa shape index (κ2) is 6.16. The molecule has 0 aliphatic carbocycles. The Labute approximate surface area is 116 Å². The van der Waals surface area contributed by atoms with Gasteiger partial charge >= 0.3 is 0 Å². The zero-order chi connectivity index (χ0) is 14.5. The molecule has 2 rings (SSSR count). The van der Waals surface area contributed by atoms with E-state index in [1.54, 1.807) is 30.3 Å². The fourth-order valence-corrected chi connectivity index (χ4v) is 1.77. The third-order valence-electron chi connectivity index (χ3n) is 2.59. The maximum atomic E-state index is 13.4. The van der Waals surface area contributed by atoms with Crippen molar-refractivity contribution in [3.63, 3.8) is 0 Å². The summed E-state index contributed by atoms with van der Waals surface area (Å²) in [6, 6.07) is 11.2. The summed E-state index contributed by atoms with van der Waals surface area (Å²) in [6.45, 7) is 1.63. The molecule has 0 heterocycles. The third-order valence-corrected chi connectivity index (χ3v) is 2.59. The molecular weight excluding hydrogens is 259 g/mol. The molecule has 0 saturated carbocycles. The van der Waals surface area contributed by atoms with Crippen LogP contribution in [-0.2, 0) is 11.3 Å². The molecule has 0 fully saturated rings. The summed E-state index contributed by atoms with van der Waals surface area (Å²) in [4.78, 5) is 11.1. The van der Waals surface area contributed by atoms with Crippen molar-refractivity contribution >= 4 is 11.6 Å². The Morgan fingerprint density at radius 2 is 2.05 bits per heavy atom. The highest BCUT2D eigenvalue weighted by molar-refractivity contribution is 5.90. The first-order valence-corrected chi connectivity index (χ1v) is 6.12. The van der Waals surface area contributed by atoms with Crippen LogP contribution >= 0.6 is 0 Å². The van der Waals surface area contributed by atoms with Crippen LogP contribution in [0.5, 0.6) is 11.5 Å². The second-order valence-electron chi connectivity index (χ2n) is 4.28. The van der Waals surface area contributed by atoms with Gasteiger partial charge in [0.05, 0.1) is 5.69 Å². The van der Waals surface area contributed by atoms with Crippen molar-refractivity contribution in [2.24, 2.45) is 5.73 Å². The van der Waals surface area contributed by atoms with Gasteiger partial charge in [0, 0.05) is 19.5 Å². The number of nitrogens with two attached hydrogens (primary N) is 1. The van der Waals surface area contributed by atoms with Gasteiger partial charge in [-0.25, -0.2) is 4.39 Å². The number of amides is 1. The molecular formula is C15H15FN2O2. The minimum atomic E-state index is -0.417. The largest absolute Gasteiger partial charge is 0.455 e. The highest BCUT2D eigenvalue weighted by Crippen LogP contribution is 2.30. The number of rotatable bonds is 4. The molecule has 2 aromatic rings. The lowest BCUT2D eigenvalue weighted by Crippen LogP contribution is -2.06. The van der Waals surface area contributed by atoms with Crippen LogP contribution in [-0.4, -0.2) is 5.91 Å². The number of carbonyl (C=O) groups is 1. The number of ether oxygens (including phenoxy) is 1. The number of anilines is 1. The first-order chi connectivity index (χ1) is 9.58. The Bertz CT molecular complexity index is 629. The molecule has 3 N–H and O–H groups in total. The van der Waals surface area contributed by atoms with Crippen molar-refractivity contribution < 1.29 is 13.9 Å². The fraction of sp³-hybridized carbons (Fsp3) is 0.133. The van der Waals surface area contributed by atoms with Crippen molar-refractivity contribution in [1.29, 1.82) is 0 Å². The summed E-state index contributed by atoms with van der Waals surface area (Å²) in [5.41, 5.74) is 6.66. The summed E-state index contributed by atoms with van der Waals surface area (Å²) in [5.74, 6) is 0.155. The Hall–Kier alpha value is -2.40. The number of para-hydroxylation sites is 2. The molecule has 5 heteroatoms. The second-order valence-corrected chi connectivity index (χ2v) is 4.28. The van der Waals surface area contributed by atoms with Crippen molar-refractivity contribution in [3.05, 3.63) is 53.8 Å². The number of halogens is 1. The van der Waals surface area contributed by atoms with Gasteiger partial charge in [-0.1, -0.05) is 12.1 Å². The van der Waals surface area contributed by atoms with Gasteiger partial charge in [0.25, 0.3) is 0 Å². The molecule has 0 saturated heterocycles. The van der Waals surface area contributed by atoms with Gasteiger partial charge in [-0.05, 0) is 29.8 Å². The highest BCUT2D eigenvalue weighted by Gasteiger charge is 2.07. The number of hydrogen-bond acceptors (Lipinski definition) is 3. The van der Waals surface area contributed by atoms with Crippen molar-refractivity contribution in [1.82, 2.24) is 0 Å². The molecule has 2 aromatic carbocycles. The Morgan fingerprint density at radius 3 is 2.75 bits per heavy atom. The molecule has 0 spiro atoms. The smallest absolute Gasteiger partial charge is 0.221 e. The van der Waals surface area contributed by atoms with Crippen LogP contribution in [0.4, 0.5) is 10.1 Å². The number of hydrogen-bond donors (Lipinski definition) is 2. The van der Waals surface area contributed by atoms with E-state index in [0.717, 1.165) is 0 Å². The maximum absolute atomic E-state index is 13.4. The molecule has 0 aromatic heterocycles. The van der Waals surface area contributed by atoms with Gasteiger partial charge in [-0.3, -0.25) is 4.79 Å². The van der Waals surface area contributed by atoms with Gasteiger partial charge in [0.15, 0.2) is 5.75 Å². The number of nitrogens with one attached hydrogen (secondary N) is 1. The van der Waals surface area contributed by atoms with E-state index in [4.69, 9.17) is 10.5 Å². The SMILES string of the molecule is CC(=O)Nc1ccccc1Oc1cc(F)cc(CN)c1. The van der Waals surface area contributed by atoms with E-state index in [2.05, 4.69) is 5.32 Å². The Morgan fingerprint density at radius 1 is 1.30 bits per heavy atom. The lowest BCUT2D eigenvalue weighted by Gasteiger charge is -2.12. The Balaban J connectivity index is 2.30. The fourth-order valence-electron chi connectivity index (χ4n) is 1.77. The first kappa shape index (κ1) is 14.0. The summed E-state index contributed by atoms with van der Waals surface area (Å²) in [5, 5.41) is 2.65. The molecule has 1 amide bonds. The minimum Gasteiger partial charge on any atom is -0.455 e. The maximum Gasteiger partial charge on any atom is 0.221 e. The molecule has 0 bridgehead atoms. The van der Waals surface area contributed by atoms with E-state index in [1.165, 1.54) is 19.1 Å². The third kappa shape index (κ3) is 3.55. The summed E-state index contributed by atoms with van der Waals surface area (Å²) >= 11 is 0. The normalized spacial score (nSPS) is 10.2. The average Bonchev–Trinajstić information content (AvgIpc) is 2.39. The summed E-state index contributed by atoms with van der Waals surface area (Å²) in [7, 11) is 0. The topological polar surface area (TPSA) is 64.3 Å². The Kier molecular flexibility index (Phi) is 4.32. The van der Waals surface area contributed by atoms with Crippen LogP contribution in [0, 0.1) is 5.82 Å². The monoisotopic (exact) mass is 274 g/mol.